The van der Waals surface area contributed by atoms with Crippen molar-refractivity contribution < 1.29 is 34.1 Å². The Morgan fingerprint density at radius 2 is 2.00 bits per heavy atom. The van der Waals surface area contributed by atoms with Crippen molar-refractivity contribution in [3.63, 3.8) is 0 Å². The van der Waals surface area contributed by atoms with Gasteiger partial charge in [0.25, 0.3) is 0 Å². The van der Waals surface area contributed by atoms with Crippen molar-refractivity contribution in [3.05, 3.63) is 11.6 Å². The van der Waals surface area contributed by atoms with Crippen molar-refractivity contribution in [2.24, 2.45) is 22.7 Å². The van der Waals surface area contributed by atoms with Gasteiger partial charge in [0, 0.05) is 25.2 Å². The van der Waals surface area contributed by atoms with Crippen LogP contribution in [0.3, 0.4) is 0 Å². The molecule has 5 aliphatic rings. The molecule has 1 saturated heterocycles. The van der Waals surface area contributed by atoms with E-state index in [1.54, 1.807) is 6.08 Å². The van der Waals surface area contributed by atoms with Gasteiger partial charge in [-0.15, -0.1) is 0 Å². The molecule has 1 aliphatic heterocycles. The Morgan fingerprint density at radius 1 is 1.27 bits per heavy atom. The second-order valence-electron chi connectivity index (χ2n) is 10.5. The monoisotopic (exact) mass is 418 g/mol. The van der Waals surface area contributed by atoms with Crippen LogP contribution in [0.15, 0.2) is 11.6 Å². The van der Waals surface area contributed by atoms with Gasteiger partial charge in [-0.05, 0) is 49.0 Å². The highest BCUT2D eigenvalue weighted by Crippen LogP contribution is 2.77. The normalized spacial score (nSPS) is 51.1. The number of aliphatic hydroxyl groups excluding tert-OH is 1. The van der Waals surface area contributed by atoms with Crippen molar-refractivity contribution in [3.8, 4) is 0 Å². The molecular weight excluding hydrogens is 388 g/mol. The van der Waals surface area contributed by atoms with Gasteiger partial charge < -0.3 is 19.7 Å². The van der Waals surface area contributed by atoms with E-state index < -0.39 is 41.1 Å². The zero-order chi connectivity index (χ0) is 21.7. The molecule has 0 amide bonds. The third-order valence-electron chi connectivity index (χ3n) is 9.32. The van der Waals surface area contributed by atoms with Gasteiger partial charge in [-0.1, -0.05) is 19.4 Å². The van der Waals surface area contributed by atoms with Crippen LogP contribution in [-0.4, -0.2) is 57.8 Å². The smallest absolute Gasteiger partial charge is 0.303 e. The summed E-state index contributed by atoms with van der Waals surface area (Å²) in [6.45, 7) is 4.76. The van der Waals surface area contributed by atoms with Crippen molar-refractivity contribution in [2.75, 3.05) is 6.61 Å². The summed E-state index contributed by atoms with van der Waals surface area (Å²) in [6, 6.07) is 0. The number of fused-ring (bicyclic) bond motifs is 3. The van der Waals surface area contributed by atoms with E-state index >= 15 is 0 Å². The second-order valence-corrected chi connectivity index (χ2v) is 10.5. The molecule has 30 heavy (non-hydrogen) atoms. The van der Waals surface area contributed by atoms with Gasteiger partial charge in [-0.2, -0.15) is 0 Å². The lowest BCUT2D eigenvalue weighted by atomic mass is 9.44. The number of allylic oxidation sites excluding steroid dienone is 1. The van der Waals surface area contributed by atoms with Crippen molar-refractivity contribution in [1.29, 1.82) is 0 Å². The number of epoxide rings is 1. The van der Waals surface area contributed by atoms with Crippen LogP contribution in [0.5, 0.6) is 0 Å². The molecule has 2 N–H and O–H groups in total. The first-order valence-corrected chi connectivity index (χ1v) is 11.0. The molecule has 0 unspecified atom stereocenters. The molecule has 1 heterocycles. The minimum atomic E-state index is -1.70. The molecule has 0 bridgehead atoms. The molecule has 8 atom stereocenters. The maximum atomic E-state index is 13.0. The molecule has 0 radical (unpaired) electrons. The third kappa shape index (κ3) is 2.24. The van der Waals surface area contributed by atoms with E-state index in [1.807, 2.05) is 6.92 Å². The van der Waals surface area contributed by atoms with Crippen LogP contribution in [0.25, 0.3) is 0 Å². The SMILES string of the molecule is CC(=O)OCC(=O)[C@@]1(O)C[C@@H]2O[C@@]23[C@@H]2CCC4=CC(=O)CC[C@]4(C)[C@@H]2[C@@H](O)C[C@]31C. The van der Waals surface area contributed by atoms with E-state index in [0.29, 0.717) is 12.8 Å². The first-order chi connectivity index (χ1) is 14.0. The molecule has 7 nitrogen and oxygen atoms in total. The van der Waals surface area contributed by atoms with Gasteiger partial charge >= 0.3 is 5.97 Å². The third-order valence-corrected chi connectivity index (χ3v) is 9.32. The molecule has 0 aromatic heterocycles. The Morgan fingerprint density at radius 3 is 2.70 bits per heavy atom. The van der Waals surface area contributed by atoms with Gasteiger partial charge in [-0.3, -0.25) is 14.4 Å². The molecule has 0 aromatic carbocycles. The maximum absolute atomic E-state index is 13.0. The number of carbonyl (C=O) groups excluding carboxylic acids is 3. The van der Waals surface area contributed by atoms with E-state index in [2.05, 4.69) is 6.92 Å². The van der Waals surface area contributed by atoms with Crippen molar-refractivity contribution in [2.45, 2.75) is 82.7 Å². The molecule has 5 rings (SSSR count). The first-order valence-electron chi connectivity index (χ1n) is 11.0. The molecule has 3 saturated carbocycles. The molecule has 1 spiro atoms. The van der Waals surface area contributed by atoms with Crippen LogP contribution >= 0.6 is 0 Å². The molecule has 4 fully saturated rings. The number of hydrogen-bond donors (Lipinski definition) is 2. The lowest BCUT2D eigenvalue weighted by molar-refractivity contribution is -0.205. The van der Waals surface area contributed by atoms with Gasteiger partial charge in [0.05, 0.1) is 12.2 Å². The van der Waals surface area contributed by atoms with Crippen LogP contribution < -0.4 is 0 Å². The number of aliphatic hydroxyl groups is 2. The number of Topliss-reactive ketones (excluding diaryl/α,β-unsaturated/α-hetero) is 1. The number of esters is 1. The lowest BCUT2D eigenvalue weighted by Crippen LogP contribution is -2.67. The Labute approximate surface area is 175 Å². The van der Waals surface area contributed by atoms with Crippen LogP contribution in [0.4, 0.5) is 0 Å². The van der Waals surface area contributed by atoms with Crippen LogP contribution in [0, 0.1) is 22.7 Å². The standard InChI is InChI=1S/C23H30O7/c1-12(24)29-11-17(27)22(28)10-18-23(30-18)15-5-4-13-8-14(25)6-7-20(13,2)19(15)16(26)9-21(22,23)3/h8,15-16,18-19,26,28H,4-7,9-11H2,1-3H3/t15-,16+,18+,19+,20+,21+,22+,23+/m1/s1. The highest BCUT2D eigenvalue weighted by atomic mass is 16.6. The number of carbonyl (C=O) groups is 3. The average Bonchev–Trinajstić information content (AvgIpc) is 3.34. The molecule has 0 aromatic rings. The summed E-state index contributed by atoms with van der Waals surface area (Å²) in [6.07, 6.45) is 3.94. The topological polar surface area (TPSA) is 113 Å². The lowest BCUT2D eigenvalue weighted by Gasteiger charge is -2.60. The molecule has 7 heteroatoms. The predicted molar refractivity (Wildman–Crippen MR) is 104 cm³/mol. The Bertz CT molecular complexity index is 879. The summed E-state index contributed by atoms with van der Waals surface area (Å²) in [7, 11) is 0. The minimum Gasteiger partial charge on any atom is -0.458 e. The first kappa shape index (κ1) is 20.3. The van der Waals surface area contributed by atoms with Gasteiger partial charge in [0.15, 0.2) is 12.4 Å². The number of ether oxygens (including phenoxy) is 2. The molecular formula is C23H30O7. The fourth-order valence-corrected chi connectivity index (χ4v) is 7.84. The quantitative estimate of drug-likeness (QED) is 0.527. The summed E-state index contributed by atoms with van der Waals surface area (Å²) in [5, 5.41) is 23.0. The van der Waals surface area contributed by atoms with E-state index in [1.165, 1.54) is 6.92 Å². The van der Waals surface area contributed by atoms with Crippen LogP contribution in [0.2, 0.25) is 0 Å². The van der Waals surface area contributed by atoms with E-state index in [9.17, 15) is 24.6 Å². The zero-order valence-electron chi connectivity index (χ0n) is 17.8. The van der Waals surface area contributed by atoms with E-state index in [4.69, 9.17) is 9.47 Å². The van der Waals surface area contributed by atoms with Crippen molar-refractivity contribution in [1.82, 2.24) is 0 Å². The Balaban J connectivity index is 1.52. The fourth-order valence-electron chi connectivity index (χ4n) is 7.84. The predicted octanol–water partition coefficient (Wildman–Crippen LogP) is 1.48. The zero-order valence-corrected chi connectivity index (χ0v) is 17.8. The maximum Gasteiger partial charge on any atom is 0.303 e. The van der Waals surface area contributed by atoms with E-state index in [-0.39, 0.29) is 42.0 Å². The van der Waals surface area contributed by atoms with Crippen LogP contribution in [0.1, 0.15) is 59.3 Å². The number of ketones is 2. The molecule has 4 aliphatic carbocycles. The van der Waals surface area contributed by atoms with E-state index in [0.717, 1.165) is 18.4 Å². The minimum absolute atomic E-state index is 0.00199. The summed E-state index contributed by atoms with van der Waals surface area (Å²) in [5.74, 6) is -1.01. The Hall–Kier alpha value is -1.57. The fraction of sp³-hybridized carbons (Fsp3) is 0.783. The van der Waals surface area contributed by atoms with Gasteiger partial charge in [0.2, 0.25) is 5.78 Å². The Kier molecular flexibility index (Phi) is 4.08. The largest absolute Gasteiger partial charge is 0.458 e. The summed E-state index contributed by atoms with van der Waals surface area (Å²) >= 11 is 0. The highest BCUT2D eigenvalue weighted by Gasteiger charge is 2.86. The number of hydrogen-bond acceptors (Lipinski definition) is 7. The summed E-state index contributed by atoms with van der Waals surface area (Å²) < 4.78 is 11.2. The highest BCUT2D eigenvalue weighted by molar-refractivity contribution is 5.92. The van der Waals surface area contributed by atoms with Gasteiger partial charge in [0.1, 0.15) is 11.2 Å². The summed E-state index contributed by atoms with van der Waals surface area (Å²) in [4.78, 5) is 36.2. The average molecular weight is 418 g/mol. The second kappa shape index (κ2) is 6.02. The summed E-state index contributed by atoms with van der Waals surface area (Å²) in [5.41, 5.74) is -2.46. The van der Waals surface area contributed by atoms with Crippen LogP contribution in [-0.2, 0) is 23.9 Å². The van der Waals surface area contributed by atoms with Crippen molar-refractivity contribution >= 4 is 17.5 Å². The molecule has 164 valence electrons. The van der Waals surface area contributed by atoms with Gasteiger partial charge in [-0.25, -0.2) is 0 Å². The number of rotatable bonds is 3.